The molecule has 1 aliphatic carbocycles. The highest BCUT2D eigenvalue weighted by molar-refractivity contribution is 5.85. The minimum absolute atomic E-state index is 0.125. The van der Waals surface area contributed by atoms with E-state index in [1.165, 1.54) is 0 Å². The number of Topliss-reactive ketones (excluding diaryl/α,β-unsaturated/α-hetero) is 1. The molecule has 19 heavy (non-hydrogen) atoms. The topological polar surface area (TPSA) is 32.8 Å². The van der Waals surface area contributed by atoms with Crippen LogP contribution in [0.1, 0.15) is 47.0 Å². The zero-order valence-corrected chi connectivity index (χ0v) is 13.0. The van der Waals surface area contributed by atoms with E-state index in [4.69, 9.17) is 4.74 Å². The SMILES string of the molecule is CCN(CC)COC1CCC(N(CC)CC)C(=O)C1. The molecule has 0 amide bonds. The Labute approximate surface area is 118 Å². The number of nitrogens with zero attached hydrogens (tertiary/aromatic N) is 2. The summed E-state index contributed by atoms with van der Waals surface area (Å²) < 4.78 is 5.88. The highest BCUT2D eigenvalue weighted by Crippen LogP contribution is 2.22. The standard InChI is InChI=1S/C15H30N2O2/c1-5-16(6-2)12-19-13-9-10-14(15(18)11-13)17(7-3)8-4/h13-14H,5-12H2,1-4H3. The van der Waals surface area contributed by atoms with Gasteiger partial charge in [0.2, 0.25) is 0 Å². The molecule has 1 rings (SSSR count). The predicted octanol–water partition coefficient (Wildman–Crippen LogP) is 2.13. The number of likely N-dealkylation sites (N-methyl/N-ethyl adjacent to an activating group) is 1. The third-order valence-electron chi connectivity index (χ3n) is 4.20. The average Bonchev–Trinajstić information content (AvgIpc) is 2.43. The summed E-state index contributed by atoms with van der Waals surface area (Å²) in [5.41, 5.74) is 0. The van der Waals surface area contributed by atoms with Crippen LogP contribution in [0.2, 0.25) is 0 Å². The zero-order valence-electron chi connectivity index (χ0n) is 13.0. The van der Waals surface area contributed by atoms with Crippen molar-refractivity contribution in [2.24, 2.45) is 0 Å². The second-order valence-electron chi connectivity index (χ2n) is 5.21. The van der Waals surface area contributed by atoms with Crippen molar-refractivity contribution in [3.63, 3.8) is 0 Å². The van der Waals surface area contributed by atoms with Gasteiger partial charge in [-0.05, 0) is 39.0 Å². The van der Waals surface area contributed by atoms with Crippen LogP contribution in [-0.4, -0.2) is 60.6 Å². The Morgan fingerprint density at radius 3 is 2.16 bits per heavy atom. The smallest absolute Gasteiger partial charge is 0.152 e. The van der Waals surface area contributed by atoms with Crippen LogP contribution in [0.5, 0.6) is 0 Å². The van der Waals surface area contributed by atoms with Crippen LogP contribution in [0, 0.1) is 0 Å². The van der Waals surface area contributed by atoms with Gasteiger partial charge in [-0.3, -0.25) is 14.6 Å². The lowest BCUT2D eigenvalue weighted by atomic mass is 9.90. The molecular weight excluding hydrogens is 240 g/mol. The summed E-state index contributed by atoms with van der Waals surface area (Å²) in [6.07, 6.45) is 2.67. The van der Waals surface area contributed by atoms with E-state index in [-0.39, 0.29) is 12.1 Å². The monoisotopic (exact) mass is 270 g/mol. The Hall–Kier alpha value is -0.450. The maximum absolute atomic E-state index is 12.2. The number of ketones is 1. The largest absolute Gasteiger partial charge is 0.362 e. The van der Waals surface area contributed by atoms with Gasteiger partial charge in [0.15, 0.2) is 5.78 Å². The number of hydrogen-bond acceptors (Lipinski definition) is 4. The van der Waals surface area contributed by atoms with Crippen LogP contribution in [0.15, 0.2) is 0 Å². The summed E-state index contributed by atoms with van der Waals surface area (Å²) in [6.45, 7) is 13.1. The molecule has 0 spiro atoms. The lowest BCUT2D eigenvalue weighted by Gasteiger charge is -2.35. The van der Waals surface area contributed by atoms with Gasteiger partial charge in [-0.2, -0.15) is 0 Å². The van der Waals surface area contributed by atoms with E-state index in [9.17, 15) is 4.79 Å². The Morgan fingerprint density at radius 2 is 1.68 bits per heavy atom. The van der Waals surface area contributed by atoms with Crippen LogP contribution in [0.25, 0.3) is 0 Å². The molecule has 1 fully saturated rings. The van der Waals surface area contributed by atoms with Crippen molar-refractivity contribution in [3.8, 4) is 0 Å². The first-order valence-electron chi connectivity index (χ1n) is 7.76. The van der Waals surface area contributed by atoms with Gasteiger partial charge < -0.3 is 4.74 Å². The molecule has 0 bridgehead atoms. The third kappa shape index (κ3) is 4.86. The normalized spacial score (nSPS) is 24.4. The molecule has 0 radical (unpaired) electrons. The van der Waals surface area contributed by atoms with Gasteiger partial charge in [-0.1, -0.05) is 27.7 Å². The number of hydrogen-bond donors (Lipinski definition) is 0. The first-order chi connectivity index (χ1) is 9.15. The fourth-order valence-corrected chi connectivity index (χ4v) is 2.78. The van der Waals surface area contributed by atoms with Gasteiger partial charge in [0.05, 0.1) is 18.9 Å². The highest BCUT2D eigenvalue weighted by Gasteiger charge is 2.31. The molecule has 0 aromatic rings. The minimum Gasteiger partial charge on any atom is -0.362 e. The highest BCUT2D eigenvalue weighted by atomic mass is 16.5. The average molecular weight is 270 g/mol. The predicted molar refractivity (Wildman–Crippen MR) is 78.2 cm³/mol. The van der Waals surface area contributed by atoms with Crippen molar-refractivity contribution >= 4 is 5.78 Å². The van der Waals surface area contributed by atoms with Crippen LogP contribution < -0.4 is 0 Å². The van der Waals surface area contributed by atoms with Crippen molar-refractivity contribution in [3.05, 3.63) is 0 Å². The molecule has 0 aromatic carbocycles. The van der Waals surface area contributed by atoms with E-state index in [0.29, 0.717) is 18.9 Å². The molecule has 0 aliphatic heterocycles. The van der Waals surface area contributed by atoms with Crippen molar-refractivity contribution in [2.45, 2.75) is 59.1 Å². The molecule has 0 aromatic heterocycles. The maximum Gasteiger partial charge on any atom is 0.152 e. The van der Waals surface area contributed by atoms with Gasteiger partial charge in [-0.25, -0.2) is 0 Å². The van der Waals surface area contributed by atoms with E-state index < -0.39 is 0 Å². The van der Waals surface area contributed by atoms with Crippen LogP contribution in [0.3, 0.4) is 0 Å². The molecule has 2 atom stereocenters. The summed E-state index contributed by atoms with van der Waals surface area (Å²) in [5.74, 6) is 0.361. The number of rotatable bonds is 8. The van der Waals surface area contributed by atoms with Crippen molar-refractivity contribution in [1.82, 2.24) is 9.80 Å². The van der Waals surface area contributed by atoms with Crippen LogP contribution in [0.4, 0.5) is 0 Å². The van der Waals surface area contributed by atoms with Gasteiger partial charge in [-0.15, -0.1) is 0 Å². The second-order valence-corrected chi connectivity index (χ2v) is 5.21. The van der Waals surface area contributed by atoms with Gasteiger partial charge in [0, 0.05) is 6.42 Å². The Kier molecular flexibility index (Phi) is 7.57. The van der Waals surface area contributed by atoms with Crippen molar-refractivity contribution in [2.75, 3.05) is 32.9 Å². The first-order valence-corrected chi connectivity index (χ1v) is 7.76. The summed E-state index contributed by atoms with van der Waals surface area (Å²) >= 11 is 0. The summed E-state index contributed by atoms with van der Waals surface area (Å²) in [7, 11) is 0. The quantitative estimate of drug-likeness (QED) is 0.633. The fraction of sp³-hybridized carbons (Fsp3) is 0.933. The minimum atomic E-state index is 0.125. The Morgan fingerprint density at radius 1 is 1.05 bits per heavy atom. The second kappa shape index (κ2) is 8.67. The molecule has 1 aliphatic rings. The molecule has 1 saturated carbocycles. The lowest BCUT2D eigenvalue weighted by Crippen LogP contribution is -2.46. The number of ether oxygens (including phenoxy) is 1. The molecule has 2 unspecified atom stereocenters. The lowest BCUT2D eigenvalue weighted by molar-refractivity contribution is -0.133. The van der Waals surface area contributed by atoms with E-state index in [1.807, 2.05) is 0 Å². The molecule has 112 valence electrons. The van der Waals surface area contributed by atoms with Gasteiger partial charge in [0.25, 0.3) is 0 Å². The Balaban J connectivity index is 2.39. The number of carbonyl (C=O) groups excluding carboxylic acids is 1. The Bertz CT molecular complexity index is 263. The molecule has 0 saturated heterocycles. The van der Waals surface area contributed by atoms with E-state index in [1.54, 1.807) is 0 Å². The van der Waals surface area contributed by atoms with Crippen molar-refractivity contribution in [1.29, 1.82) is 0 Å². The molecule has 4 nitrogen and oxygen atoms in total. The molecule has 4 heteroatoms. The van der Waals surface area contributed by atoms with Gasteiger partial charge >= 0.3 is 0 Å². The molecule has 0 heterocycles. The summed E-state index contributed by atoms with van der Waals surface area (Å²) in [4.78, 5) is 16.7. The molecular formula is C15H30N2O2. The van der Waals surface area contributed by atoms with E-state index in [2.05, 4.69) is 37.5 Å². The van der Waals surface area contributed by atoms with E-state index >= 15 is 0 Å². The van der Waals surface area contributed by atoms with Gasteiger partial charge in [0.1, 0.15) is 0 Å². The first kappa shape index (κ1) is 16.6. The van der Waals surface area contributed by atoms with Crippen molar-refractivity contribution < 1.29 is 9.53 Å². The fourth-order valence-electron chi connectivity index (χ4n) is 2.78. The zero-order chi connectivity index (χ0) is 14.3. The summed E-state index contributed by atoms with van der Waals surface area (Å²) in [5, 5.41) is 0. The third-order valence-corrected chi connectivity index (χ3v) is 4.20. The van der Waals surface area contributed by atoms with E-state index in [0.717, 1.165) is 39.0 Å². The maximum atomic E-state index is 12.2. The molecule has 0 N–H and O–H groups in total. The van der Waals surface area contributed by atoms with Crippen LogP contribution >= 0.6 is 0 Å². The van der Waals surface area contributed by atoms with Crippen LogP contribution in [-0.2, 0) is 9.53 Å². The number of carbonyl (C=O) groups is 1. The summed E-state index contributed by atoms with van der Waals surface area (Å²) in [6, 6.07) is 0.128.